The summed E-state index contributed by atoms with van der Waals surface area (Å²) in [5, 5.41) is 2.85. The van der Waals surface area contributed by atoms with Gasteiger partial charge >= 0.3 is 0 Å². The van der Waals surface area contributed by atoms with Gasteiger partial charge in [-0.15, -0.1) is 12.4 Å². The number of benzene rings is 1. The molecule has 0 spiro atoms. The zero-order chi connectivity index (χ0) is 15.9. The van der Waals surface area contributed by atoms with Gasteiger partial charge in [-0.3, -0.25) is 4.79 Å². The van der Waals surface area contributed by atoms with E-state index in [9.17, 15) is 9.18 Å². The van der Waals surface area contributed by atoms with E-state index in [2.05, 4.69) is 5.32 Å². The molecule has 6 heteroatoms. The van der Waals surface area contributed by atoms with Gasteiger partial charge in [0.15, 0.2) is 11.6 Å². The van der Waals surface area contributed by atoms with E-state index in [4.69, 9.17) is 10.5 Å². The van der Waals surface area contributed by atoms with Crippen molar-refractivity contribution in [2.45, 2.75) is 45.1 Å². The van der Waals surface area contributed by atoms with Gasteiger partial charge in [0.05, 0.1) is 7.11 Å². The molecule has 0 aliphatic rings. The molecule has 0 aromatic heterocycles. The summed E-state index contributed by atoms with van der Waals surface area (Å²) in [6.07, 6.45) is 2.43. The van der Waals surface area contributed by atoms with Crippen molar-refractivity contribution in [2.24, 2.45) is 5.73 Å². The van der Waals surface area contributed by atoms with Crippen LogP contribution >= 0.6 is 12.4 Å². The number of aryl methyl sites for hydroxylation is 1. The predicted molar refractivity (Wildman–Crippen MR) is 89.0 cm³/mol. The number of halogens is 2. The molecule has 0 fully saturated rings. The summed E-state index contributed by atoms with van der Waals surface area (Å²) >= 11 is 0. The van der Waals surface area contributed by atoms with Crippen LogP contribution in [0.3, 0.4) is 0 Å². The first-order valence-corrected chi connectivity index (χ1v) is 7.32. The first-order chi connectivity index (χ1) is 9.94. The third-order valence-corrected chi connectivity index (χ3v) is 3.90. The fourth-order valence-corrected chi connectivity index (χ4v) is 1.99. The smallest absolute Gasteiger partial charge is 0.220 e. The van der Waals surface area contributed by atoms with E-state index in [0.717, 1.165) is 18.4 Å². The molecule has 0 heterocycles. The van der Waals surface area contributed by atoms with E-state index in [1.165, 1.54) is 13.2 Å². The van der Waals surface area contributed by atoms with E-state index < -0.39 is 5.82 Å². The maximum Gasteiger partial charge on any atom is 0.220 e. The van der Waals surface area contributed by atoms with Gasteiger partial charge in [0, 0.05) is 18.5 Å². The lowest BCUT2D eigenvalue weighted by molar-refractivity contribution is -0.121. The highest BCUT2D eigenvalue weighted by atomic mass is 35.5. The Morgan fingerprint density at radius 1 is 1.36 bits per heavy atom. The summed E-state index contributed by atoms with van der Waals surface area (Å²) in [6.45, 7) is 4.49. The number of nitrogens with two attached hydrogens (primary N) is 1. The van der Waals surface area contributed by atoms with Crippen LogP contribution in [-0.2, 0) is 11.2 Å². The number of carbonyl (C=O) groups excluding carboxylic acids is 1. The second-order valence-corrected chi connectivity index (χ2v) is 5.32. The second-order valence-electron chi connectivity index (χ2n) is 5.32. The van der Waals surface area contributed by atoms with E-state index in [0.29, 0.717) is 19.4 Å². The molecular formula is C16H26ClFN2O2. The molecule has 1 rings (SSSR count). The lowest BCUT2D eigenvalue weighted by Gasteiger charge is -2.26. The molecule has 0 saturated carbocycles. The van der Waals surface area contributed by atoms with Gasteiger partial charge in [0.2, 0.25) is 5.91 Å². The second kappa shape index (κ2) is 9.64. The van der Waals surface area contributed by atoms with E-state index >= 15 is 0 Å². The first kappa shape index (κ1) is 20.7. The van der Waals surface area contributed by atoms with Crippen molar-refractivity contribution >= 4 is 18.3 Å². The summed E-state index contributed by atoms with van der Waals surface area (Å²) in [6, 6.07) is 4.74. The maximum absolute atomic E-state index is 13.5. The topological polar surface area (TPSA) is 64.3 Å². The monoisotopic (exact) mass is 332 g/mol. The number of ether oxygens (including phenoxy) is 1. The molecule has 0 saturated heterocycles. The average molecular weight is 333 g/mol. The van der Waals surface area contributed by atoms with Crippen LogP contribution in [0.1, 0.15) is 38.7 Å². The minimum Gasteiger partial charge on any atom is -0.494 e. The lowest BCUT2D eigenvalue weighted by atomic mass is 9.94. The highest BCUT2D eigenvalue weighted by Gasteiger charge is 2.20. The molecule has 1 aromatic rings. The largest absolute Gasteiger partial charge is 0.494 e. The van der Waals surface area contributed by atoms with Gasteiger partial charge in [-0.25, -0.2) is 4.39 Å². The van der Waals surface area contributed by atoms with Crippen molar-refractivity contribution in [3.05, 3.63) is 29.6 Å². The highest BCUT2D eigenvalue weighted by molar-refractivity contribution is 5.85. The Morgan fingerprint density at radius 2 is 2.00 bits per heavy atom. The minimum absolute atomic E-state index is 0. The highest BCUT2D eigenvalue weighted by Crippen LogP contribution is 2.18. The molecule has 0 aliphatic heterocycles. The van der Waals surface area contributed by atoms with Crippen LogP contribution in [-0.4, -0.2) is 25.1 Å². The van der Waals surface area contributed by atoms with E-state index in [1.54, 1.807) is 12.1 Å². The van der Waals surface area contributed by atoms with Crippen LogP contribution in [0.25, 0.3) is 0 Å². The third kappa shape index (κ3) is 6.20. The van der Waals surface area contributed by atoms with Gasteiger partial charge in [-0.1, -0.05) is 19.9 Å². The summed E-state index contributed by atoms with van der Waals surface area (Å²) in [7, 11) is 1.42. The molecular weight excluding hydrogens is 307 g/mol. The van der Waals surface area contributed by atoms with Crippen molar-refractivity contribution < 1.29 is 13.9 Å². The molecule has 0 atom stereocenters. The number of amides is 1. The van der Waals surface area contributed by atoms with Gasteiger partial charge in [0.25, 0.3) is 0 Å². The number of carbonyl (C=O) groups is 1. The summed E-state index contributed by atoms with van der Waals surface area (Å²) < 4.78 is 18.4. The van der Waals surface area contributed by atoms with Crippen molar-refractivity contribution in [3.8, 4) is 5.75 Å². The number of hydrogen-bond donors (Lipinski definition) is 2. The van der Waals surface area contributed by atoms with E-state index in [1.807, 2.05) is 13.8 Å². The summed E-state index contributed by atoms with van der Waals surface area (Å²) in [5.41, 5.74) is 6.55. The summed E-state index contributed by atoms with van der Waals surface area (Å²) in [5.74, 6) is -0.265. The van der Waals surface area contributed by atoms with Crippen LogP contribution in [0.2, 0.25) is 0 Å². The van der Waals surface area contributed by atoms with Gasteiger partial charge < -0.3 is 15.8 Å². The Labute approximate surface area is 138 Å². The Balaban J connectivity index is 0.00000441. The molecule has 0 bridgehead atoms. The zero-order valence-electron chi connectivity index (χ0n) is 13.4. The normalized spacial score (nSPS) is 10.8. The van der Waals surface area contributed by atoms with Crippen LogP contribution < -0.4 is 15.8 Å². The van der Waals surface area contributed by atoms with Gasteiger partial charge in [0.1, 0.15) is 0 Å². The van der Waals surface area contributed by atoms with E-state index in [-0.39, 0.29) is 29.6 Å². The quantitative estimate of drug-likeness (QED) is 0.769. The fraction of sp³-hybridized carbons (Fsp3) is 0.562. The standard InChI is InChI=1S/C16H25FN2O2.ClH/c1-4-16(18,5-2)11-19-15(20)9-7-12-6-8-14(21-3)13(17)10-12;/h6,8,10H,4-5,7,9,11,18H2,1-3H3,(H,19,20);1H. The molecule has 1 amide bonds. The Bertz CT molecular complexity index is 479. The Hall–Kier alpha value is -1.33. The number of nitrogens with one attached hydrogen (secondary N) is 1. The molecule has 0 radical (unpaired) electrons. The SMILES string of the molecule is CCC(N)(CC)CNC(=O)CCc1ccc(OC)c(F)c1.Cl. The lowest BCUT2D eigenvalue weighted by Crippen LogP contribution is -2.49. The molecule has 3 N–H and O–H groups in total. The first-order valence-electron chi connectivity index (χ1n) is 7.32. The van der Waals surface area contributed by atoms with Crippen molar-refractivity contribution in [1.82, 2.24) is 5.32 Å². The number of methoxy groups -OCH3 is 1. The summed E-state index contributed by atoms with van der Waals surface area (Å²) in [4.78, 5) is 11.8. The average Bonchev–Trinajstić information content (AvgIpc) is 2.50. The Kier molecular flexibility index (Phi) is 9.06. The minimum atomic E-state index is -0.409. The van der Waals surface area contributed by atoms with Crippen molar-refractivity contribution in [3.63, 3.8) is 0 Å². The van der Waals surface area contributed by atoms with Crippen LogP contribution in [0.5, 0.6) is 5.75 Å². The molecule has 0 aliphatic carbocycles. The Morgan fingerprint density at radius 3 is 2.50 bits per heavy atom. The third-order valence-electron chi connectivity index (χ3n) is 3.90. The molecule has 0 unspecified atom stereocenters. The fourth-order valence-electron chi connectivity index (χ4n) is 1.99. The molecule has 1 aromatic carbocycles. The van der Waals surface area contributed by atoms with Crippen LogP contribution in [0.4, 0.5) is 4.39 Å². The number of hydrogen-bond acceptors (Lipinski definition) is 3. The zero-order valence-corrected chi connectivity index (χ0v) is 14.3. The van der Waals surface area contributed by atoms with Crippen LogP contribution in [0, 0.1) is 5.82 Å². The predicted octanol–water partition coefficient (Wildman–Crippen LogP) is 2.82. The van der Waals surface area contributed by atoms with Gasteiger partial charge in [-0.05, 0) is 37.0 Å². The van der Waals surface area contributed by atoms with Crippen molar-refractivity contribution in [1.29, 1.82) is 0 Å². The maximum atomic E-state index is 13.5. The number of rotatable bonds is 8. The van der Waals surface area contributed by atoms with Gasteiger partial charge in [-0.2, -0.15) is 0 Å². The molecule has 126 valence electrons. The van der Waals surface area contributed by atoms with Crippen LogP contribution in [0.15, 0.2) is 18.2 Å². The molecule has 4 nitrogen and oxygen atoms in total. The van der Waals surface area contributed by atoms with Crippen molar-refractivity contribution in [2.75, 3.05) is 13.7 Å². The molecule has 22 heavy (non-hydrogen) atoms.